The Morgan fingerprint density at radius 1 is 1.05 bits per heavy atom. The highest BCUT2D eigenvalue weighted by molar-refractivity contribution is 5.89. The summed E-state index contributed by atoms with van der Waals surface area (Å²) in [4.78, 5) is 10.9. The summed E-state index contributed by atoms with van der Waals surface area (Å²) in [6.45, 7) is 8.73. The molecule has 0 heterocycles. The van der Waals surface area contributed by atoms with Gasteiger partial charge < -0.3 is 10.6 Å². The Morgan fingerprint density at radius 3 is 2.18 bits per heavy atom. The minimum atomic E-state index is -0.0383. The Hall–Kier alpha value is -2.29. The van der Waals surface area contributed by atoms with Gasteiger partial charge in [0.05, 0.1) is 0 Å². The van der Waals surface area contributed by atoms with E-state index in [4.69, 9.17) is 0 Å². The van der Waals surface area contributed by atoms with Crippen LogP contribution in [0.3, 0.4) is 0 Å². The number of carbonyl (C=O) groups excluding carboxylic acids is 1. The second-order valence-corrected chi connectivity index (χ2v) is 5.29. The molecule has 0 unspecified atom stereocenters. The molecular formula is C19H26N2O. The third-order valence-corrected chi connectivity index (χ3v) is 3.05. The molecule has 22 heavy (non-hydrogen) atoms. The van der Waals surface area contributed by atoms with Gasteiger partial charge in [0.15, 0.2) is 0 Å². The van der Waals surface area contributed by atoms with E-state index in [1.54, 1.807) is 0 Å². The number of aryl methyl sites for hydroxylation is 2. The third-order valence-electron chi connectivity index (χ3n) is 3.05. The van der Waals surface area contributed by atoms with Gasteiger partial charge in [-0.05, 0) is 44.0 Å². The van der Waals surface area contributed by atoms with E-state index in [9.17, 15) is 4.79 Å². The van der Waals surface area contributed by atoms with Crippen LogP contribution < -0.4 is 10.6 Å². The van der Waals surface area contributed by atoms with Gasteiger partial charge >= 0.3 is 0 Å². The molecule has 0 aliphatic rings. The highest BCUT2D eigenvalue weighted by Gasteiger charge is 2.00. The lowest BCUT2D eigenvalue weighted by atomic mass is 10.1. The van der Waals surface area contributed by atoms with E-state index in [1.807, 2.05) is 43.3 Å². The van der Waals surface area contributed by atoms with Crippen molar-refractivity contribution in [3.8, 4) is 0 Å². The van der Waals surface area contributed by atoms with Crippen molar-refractivity contribution in [1.29, 1.82) is 0 Å². The number of anilines is 2. The second-order valence-electron chi connectivity index (χ2n) is 5.29. The van der Waals surface area contributed by atoms with Crippen molar-refractivity contribution in [2.45, 2.75) is 34.1 Å². The molecule has 118 valence electrons. The number of hydrogen-bond donors (Lipinski definition) is 2. The van der Waals surface area contributed by atoms with Crippen molar-refractivity contribution in [1.82, 2.24) is 0 Å². The quantitative estimate of drug-likeness (QED) is 0.853. The van der Waals surface area contributed by atoms with Gasteiger partial charge in [-0.2, -0.15) is 0 Å². The first-order valence-corrected chi connectivity index (χ1v) is 7.66. The Labute approximate surface area is 133 Å². The van der Waals surface area contributed by atoms with E-state index >= 15 is 0 Å². The molecule has 0 fully saturated rings. The fraction of sp³-hybridized carbons (Fsp3) is 0.316. The van der Waals surface area contributed by atoms with Crippen LogP contribution in [0, 0.1) is 13.8 Å². The molecule has 2 aromatic rings. The Kier molecular flexibility index (Phi) is 7.76. The lowest BCUT2D eigenvalue weighted by molar-refractivity contribution is -0.114. The molecule has 0 saturated carbocycles. The molecular weight excluding hydrogens is 272 g/mol. The van der Waals surface area contributed by atoms with Gasteiger partial charge in [-0.15, -0.1) is 0 Å². The SMILES string of the molecule is CCCNc1ccc(NC(C)=O)cc1C.Cc1ccccc1. The van der Waals surface area contributed by atoms with Crippen LogP contribution in [-0.4, -0.2) is 12.5 Å². The summed E-state index contributed by atoms with van der Waals surface area (Å²) in [5.74, 6) is -0.0383. The van der Waals surface area contributed by atoms with E-state index in [2.05, 4.69) is 36.6 Å². The van der Waals surface area contributed by atoms with Crippen molar-refractivity contribution in [3.63, 3.8) is 0 Å². The Bertz CT molecular complexity index is 579. The third kappa shape index (κ3) is 6.93. The zero-order valence-corrected chi connectivity index (χ0v) is 13.9. The number of benzene rings is 2. The van der Waals surface area contributed by atoms with Crippen LogP contribution in [0.15, 0.2) is 48.5 Å². The topological polar surface area (TPSA) is 41.1 Å². The first-order chi connectivity index (χ1) is 10.5. The molecule has 2 rings (SSSR count). The summed E-state index contributed by atoms with van der Waals surface area (Å²) >= 11 is 0. The summed E-state index contributed by atoms with van der Waals surface area (Å²) in [6.07, 6.45) is 1.10. The minimum absolute atomic E-state index is 0.0383. The first-order valence-electron chi connectivity index (χ1n) is 7.66. The van der Waals surface area contributed by atoms with Crippen molar-refractivity contribution >= 4 is 17.3 Å². The molecule has 3 nitrogen and oxygen atoms in total. The van der Waals surface area contributed by atoms with Crippen LogP contribution in [-0.2, 0) is 4.79 Å². The van der Waals surface area contributed by atoms with Crippen LogP contribution in [0.25, 0.3) is 0 Å². The molecule has 0 aliphatic heterocycles. The minimum Gasteiger partial charge on any atom is -0.385 e. The largest absolute Gasteiger partial charge is 0.385 e. The van der Waals surface area contributed by atoms with Crippen molar-refractivity contribution in [2.75, 3.05) is 17.2 Å². The maximum atomic E-state index is 10.9. The standard InChI is InChI=1S/C12H18N2O.C7H8/c1-4-7-13-12-6-5-11(8-9(12)2)14-10(3)15;1-7-5-3-2-4-6-7/h5-6,8,13H,4,7H2,1-3H3,(H,14,15);2-6H,1H3. The van der Waals surface area contributed by atoms with Gasteiger partial charge in [0.25, 0.3) is 0 Å². The van der Waals surface area contributed by atoms with Crippen LogP contribution >= 0.6 is 0 Å². The normalized spacial score (nSPS) is 9.45. The summed E-state index contributed by atoms with van der Waals surface area (Å²) in [7, 11) is 0. The van der Waals surface area contributed by atoms with Crippen molar-refractivity contribution < 1.29 is 4.79 Å². The molecule has 0 saturated heterocycles. The van der Waals surface area contributed by atoms with Gasteiger partial charge in [-0.3, -0.25) is 4.79 Å². The molecule has 0 bridgehead atoms. The fourth-order valence-electron chi connectivity index (χ4n) is 1.94. The number of nitrogens with one attached hydrogen (secondary N) is 2. The number of carbonyl (C=O) groups is 1. The number of hydrogen-bond acceptors (Lipinski definition) is 2. The highest BCUT2D eigenvalue weighted by Crippen LogP contribution is 2.19. The summed E-state index contributed by atoms with van der Waals surface area (Å²) in [6, 6.07) is 16.1. The number of amides is 1. The average Bonchev–Trinajstić information content (AvgIpc) is 2.47. The molecule has 2 aromatic carbocycles. The van der Waals surface area contributed by atoms with E-state index in [1.165, 1.54) is 12.5 Å². The average molecular weight is 298 g/mol. The lowest BCUT2D eigenvalue weighted by Gasteiger charge is -2.10. The molecule has 1 amide bonds. The summed E-state index contributed by atoms with van der Waals surface area (Å²) in [5.41, 5.74) is 4.45. The molecule has 0 atom stereocenters. The molecule has 3 heteroatoms. The van der Waals surface area contributed by atoms with Gasteiger partial charge in [0.2, 0.25) is 5.91 Å². The summed E-state index contributed by atoms with van der Waals surface area (Å²) < 4.78 is 0. The smallest absolute Gasteiger partial charge is 0.221 e. The lowest BCUT2D eigenvalue weighted by Crippen LogP contribution is -2.07. The van der Waals surface area contributed by atoms with Crippen molar-refractivity contribution in [2.24, 2.45) is 0 Å². The zero-order chi connectivity index (χ0) is 16.4. The highest BCUT2D eigenvalue weighted by atomic mass is 16.1. The Morgan fingerprint density at radius 2 is 1.73 bits per heavy atom. The van der Waals surface area contributed by atoms with E-state index in [0.717, 1.165) is 29.9 Å². The van der Waals surface area contributed by atoms with Gasteiger partial charge in [-0.25, -0.2) is 0 Å². The van der Waals surface area contributed by atoms with Gasteiger partial charge in [0, 0.05) is 24.8 Å². The van der Waals surface area contributed by atoms with E-state index in [0.29, 0.717) is 0 Å². The first kappa shape index (κ1) is 17.8. The monoisotopic (exact) mass is 298 g/mol. The van der Waals surface area contributed by atoms with Gasteiger partial charge in [-0.1, -0.05) is 42.8 Å². The van der Waals surface area contributed by atoms with Crippen LogP contribution in [0.2, 0.25) is 0 Å². The van der Waals surface area contributed by atoms with E-state index < -0.39 is 0 Å². The maximum absolute atomic E-state index is 10.9. The van der Waals surface area contributed by atoms with E-state index in [-0.39, 0.29) is 5.91 Å². The molecule has 0 aliphatic carbocycles. The molecule has 2 N–H and O–H groups in total. The number of rotatable bonds is 4. The molecule has 0 spiro atoms. The molecule has 0 aromatic heterocycles. The predicted octanol–water partition coefficient (Wildman–Crippen LogP) is 4.77. The Balaban J connectivity index is 0.000000287. The second kappa shape index (κ2) is 9.61. The van der Waals surface area contributed by atoms with Crippen LogP contribution in [0.5, 0.6) is 0 Å². The van der Waals surface area contributed by atoms with Crippen LogP contribution in [0.4, 0.5) is 11.4 Å². The fourth-order valence-corrected chi connectivity index (χ4v) is 1.94. The predicted molar refractivity (Wildman–Crippen MR) is 95.4 cm³/mol. The maximum Gasteiger partial charge on any atom is 0.221 e. The zero-order valence-electron chi connectivity index (χ0n) is 13.9. The van der Waals surface area contributed by atoms with Crippen LogP contribution in [0.1, 0.15) is 31.4 Å². The van der Waals surface area contributed by atoms with Crippen molar-refractivity contribution in [3.05, 3.63) is 59.7 Å². The summed E-state index contributed by atoms with van der Waals surface area (Å²) in [5, 5.41) is 6.09. The van der Waals surface area contributed by atoms with Gasteiger partial charge in [0.1, 0.15) is 0 Å². The molecule has 0 radical (unpaired) electrons.